The van der Waals surface area contributed by atoms with Gasteiger partial charge in [0.1, 0.15) is 0 Å². The second kappa shape index (κ2) is 10.7. The minimum absolute atomic E-state index is 0.113. The quantitative estimate of drug-likeness (QED) is 0.235. The van der Waals surface area contributed by atoms with Gasteiger partial charge in [0, 0.05) is 17.7 Å². The minimum atomic E-state index is -1.50. The summed E-state index contributed by atoms with van der Waals surface area (Å²) in [6.07, 6.45) is 1.32. The van der Waals surface area contributed by atoms with Gasteiger partial charge in [-0.2, -0.15) is 0 Å². The number of unbranched alkanes of at least 4 members (excludes halogenated alkanes) is 2. The van der Waals surface area contributed by atoms with Crippen LogP contribution in [0.3, 0.4) is 0 Å². The van der Waals surface area contributed by atoms with Crippen LogP contribution in [0.1, 0.15) is 39.5 Å². The van der Waals surface area contributed by atoms with E-state index in [4.69, 9.17) is 20.4 Å². The molecule has 146 valence electrons. The van der Waals surface area contributed by atoms with Gasteiger partial charge < -0.3 is 31.1 Å². The number of aliphatic carboxylic acids is 2. The lowest BCUT2D eigenvalue weighted by Crippen LogP contribution is -2.46. The van der Waals surface area contributed by atoms with Crippen LogP contribution in [0.5, 0.6) is 0 Å². The average Bonchev–Trinajstić information content (AvgIpc) is 2.49. The van der Waals surface area contributed by atoms with Gasteiger partial charge in [-0.3, -0.25) is 0 Å². The topological polar surface area (TPSA) is 173 Å². The first-order chi connectivity index (χ1) is 12.0. The Labute approximate surface area is 150 Å². The van der Waals surface area contributed by atoms with Crippen LogP contribution in [0, 0.1) is 0 Å². The predicted octanol–water partition coefficient (Wildman–Crippen LogP) is 1.88. The molecule has 0 aliphatic rings. The number of hydrogen-bond donors (Lipinski definition) is 6. The lowest BCUT2D eigenvalue weighted by molar-refractivity contribution is -0.133. The van der Waals surface area contributed by atoms with E-state index in [9.17, 15) is 19.2 Å². The molecule has 0 aromatic rings. The second-order valence-electron chi connectivity index (χ2n) is 5.78. The number of carbonyl (C=O) groups is 4. The lowest BCUT2D eigenvalue weighted by Gasteiger charge is -2.29. The van der Waals surface area contributed by atoms with E-state index in [0.717, 1.165) is 0 Å². The van der Waals surface area contributed by atoms with Crippen molar-refractivity contribution in [2.75, 3.05) is 6.54 Å². The fourth-order valence-electron chi connectivity index (χ4n) is 2.33. The van der Waals surface area contributed by atoms with E-state index in [1.165, 1.54) is 26.0 Å². The van der Waals surface area contributed by atoms with Crippen LogP contribution in [0.25, 0.3) is 0 Å². The first kappa shape index (κ1) is 23.0. The van der Waals surface area contributed by atoms with Crippen molar-refractivity contribution in [3.8, 4) is 0 Å². The van der Waals surface area contributed by atoms with E-state index in [1.54, 1.807) is 0 Å². The standard InChI is InChI=1S/C16H24N2O8/c1-10(12(19)20)8-16(18-15(25)26,9-11(2)13(21)22)6-4-3-5-7-17-14(23)24/h8-9,17-18H,3-7H2,1-2H3,(H,19,20)(H,21,22)(H,23,24)(H,25,26). The van der Waals surface area contributed by atoms with E-state index in [1.807, 2.05) is 0 Å². The van der Waals surface area contributed by atoms with Gasteiger partial charge >= 0.3 is 24.1 Å². The molecule has 0 bridgehead atoms. The first-order valence-electron chi connectivity index (χ1n) is 7.82. The number of amides is 2. The van der Waals surface area contributed by atoms with E-state index in [2.05, 4.69) is 10.6 Å². The highest BCUT2D eigenvalue weighted by Crippen LogP contribution is 2.23. The Hall–Kier alpha value is -3.04. The maximum Gasteiger partial charge on any atom is 0.405 e. The third kappa shape index (κ3) is 9.30. The van der Waals surface area contributed by atoms with Crippen LogP contribution in [0.15, 0.2) is 23.3 Å². The molecule has 26 heavy (non-hydrogen) atoms. The Morgan fingerprint density at radius 2 is 1.31 bits per heavy atom. The Morgan fingerprint density at radius 1 is 0.808 bits per heavy atom. The molecule has 0 aliphatic heterocycles. The average molecular weight is 372 g/mol. The summed E-state index contributed by atoms with van der Waals surface area (Å²) in [5.74, 6) is -2.51. The fraction of sp³-hybridized carbons (Fsp3) is 0.500. The summed E-state index contributed by atoms with van der Waals surface area (Å²) >= 11 is 0. The molecule has 0 aliphatic carbocycles. The van der Waals surface area contributed by atoms with Gasteiger partial charge in [-0.25, -0.2) is 19.2 Å². The van der Waals surface area contributed by atoms with Crippen molar-refractivity contribution in [2.24, 2.45) is 0 Å². The molecule has 10 nitrogen and oxygen atoms in total. The van der Waals surface area contributed by atoms with Gasteiger partial charge in [0.25, 0.3) is 0 Å². The van der Waals surface area contributed by atoms with E-state index < -0.39 is 29.7 Å². The van der Waals surface area contributed by atoms with Crippen LogP contribution in [0.2, 0.25) is 0 Å². The number of rotatable bonds is 11. The van der Waals surface area contributed by atoms with E-state index in [-0.39, 0.29) is 24.1 Å². The molecule has 0 radical (unpaired) electrons. The molecule has 0 atom stereocenters. The monoisotopic (exact) mass is 372 g/mol. The van der Waals surface area contributed by atoms with Crippen molar-refractivity contribution in [1.29, 1.82) is 0 Å². The normalized spacial score (nSPS) is 14.2. The van der Waals surface area contributed by atoms with Gasteiger partial charge in [-0.05, 0) is 38.8 Å². The number of nitrogens with one attached hydrogen (secondary N) is 2. The predicted molar refractivity (Wildman–Crippen MR) is 91.2 cm³/mol. The van der Waals surface area contributed by atoms with Gasteiger partial charge in [-0.1, -0.05) is 12.8 Å². The van der Waals surface area contributed by atoms with Crippen LogP contribution < -0.4 is 10.6 Å². The number of hydrogen-bond acceptors (Lipinski definition) is 4. The summed E-state index contributed by atoms with van der Waals surface area (Å²) in [5, 5.41) is 40.1. The van der Waals surface area contributed by atoms with Crippen molar-refractivity contribution >= 4 is 24.1 Å². The Bertz CT molecular complexity index is 579. The zero-order chi connectivity index (χ0) is 20.3. The lowest BCUT2D eigenvalue weighted by atomic mass is 9.87. The minimum Gasteiger partial charge on any atom is -0.478 e. The molecular weight excluding hydrogens is 348 g/mol. The first-order valence-corrected chi connectivity index (χ1v) is 7.82. The number of carboxylic acid groups (broad SMARTS) is 4. The molecule has 0 fully saturated rings. The zero-order valence-corrected chi connectivity index (χ0v) is 14.6. The van der Waals surface area contributed by atoms with E-state index >= 15 is 0 Å². The SMILES string of the molecule is CC(=CC(C=C(C)C(=O)O)(CCCCCNC(=O)O)NC(=O)O)C(=O)O. The van der Waals surface area contributed by atoms with Gasteiger partial charge in [0.15, 0.2) is 0 Å². The van der Waals surface area contributed by atoms with Crippen molar-refractivity contribution in [3.63, 3.8) is 0 Å². The van der Waals surface area contributed by atoms with Crippen molar-refractivity contribution in [3.05, 3.63) is 23.3 Å². The van der Waals surface area contributed by atoms with Gasteiger partial charge in [0.2, 0.25) is 0 Å². The highest BCUT2D eigenvalue weighted by molar-refractivity contribution is 5.88. The molecule has 0 unspecified atom stereocenters. The van der Waals surface area contributed by atoms with Crippen LogP contribution in [-0.2, 0) is 9.59 Å². The molecular formula is C16H24N2O8. The summed E-state index contributed by atoms with van der Waals surface area (Å²) in [6, 6.07) is 0. The van der Waals surface area contributed by atoms with Crippen LogP contribution in [0.4, 0.5) is 9.59 Å². The smallest absolute Gasteiger partial charge is 0.405 e. The van der Waals surface area contributed by atoms with Crippen molar-refractivity contribution in [2.45, 2.75) is 45.1 Å². The second-order valence-corrected chi connectivity index (χ2v) is 5.78. The number of carboxylic acids is 2. The third-order valence-electron chi connectivity index (χ3n) is 3.51. The summed E-state index contributed by atoms with van der Waals surface area (Å²) in [6.45, 7) is 2.78. The summed E-state index contributed by atoms with van der Waals surface area (Å²) in [5.41, 5.74) is -1.78. The Morgan fingerprint density at radius 3 is 1.69 bits per heavy atom. The van der Waals surface area contributed by atoms with Crippen LogP contribution in [-0.4, -0.2) is 56.6 Å². The molecule has 0 saturated carbocycles. The highest BCUT2D eigenvalue weighted by Gasteiger charge is 2.29. The molecule has 10 heteroatoms. The maximum atomic E-state index is 11.2. The van der Waals surface area contributed by atoms with Crippen molar-refractivity contribution < 1.29 is 39.6 Å². The molecule has 0 rings (SSSR count). The molecule has 0 aromatic carbocycles. The zero-order valence-electron chi connectivity index (χ0n) is 14.6. The molecule has 2 amide bonds. The molecule has 0 saturated heterocycles. The molecule has 0 heterocycles. The summed E-state index contributed by atoms with van der Waals surface area (Å²) in [4.78, 5) is 43.8. The Kier molecular flexibility index (Phi) is 9.49. The maximum absolute atomic E-state index is 11.2. The molecule has 0 spiro atoms. The summed E-state index contributed by atoms with van der Waals surface area (Å²) in [7, 11) is 0. The van der Waals surface area contributed by atoms with Gasteiger partial charge in [0.05, 0.1) is 5.54 Å². The fourth-order valence-corrected chi connectivity index (χ4v) is 2.33. The van der Waals surface area contributed by atoms with Gasteiger partial charge in [-0.15, -0.1) is 0 Å². The molecule has 6 N–H and O–H groups in total. The highest BCUT2D eigenvalue weighted by atomic mass is 16.4. The van der Waals surface area contributed by atoms with E-state index in [0.29, 0.717) is 19.3 Å². The largest absolute Gasteiger partial charge is 0.478 e. The van der Waals surface area contributed by atoms with Crippen LogP contribution >= 0.6 is 0 Å². The molecule has 0 aromatic heterocycles. The summed E-state index contributed by atoms with van der Waals surface area (Å²) < 4.78 is 0. The van der Waals surface area contributed by atoms with Crippen molar-refractivity contribution in [1.82, 2.24) is 10.6 Å². The third-order valence-corrected chi connectivity index (χ3v) is 3.51. The Balaban J connectivity index is 5.45.